The molecule has 6 rings (SSSR count). The SMILES string of the molecule is N#Cc1ccc(CC2COc3cc4c(cc3O2)[C@]2(CO4)C(=O)Nc3ccccc32)cc1. The molecule has 3 aliphatic heterocycles. The Morgan fingerprint density at radius 1 is 1.00 bits per heavy atom. The van der Waals surface area contributed by atoms with E-state index in [1.54, 1.807) is 12.1 Å². The molecule has 0 radical (unpaired) electrons. The minimum atomic E-state index is -0.871. The van der Waals surface area contributed by atoms with Crippen LogP contribution in [0.25, 0.3) is 0 Å². The molecule has 1 unspecified atom stereocenters. The number of anilines is 1. The van der Waals surface area contributed by atoms with Gasteiger partial charge in [0.2, 0.25) is 5.91 Å². The van der Waals surface area contributed by atoms with Gasteiger partial charge < -0.3 is 19.5 Å². The molecule has 1 amide bonds. The molecule has 3 aliphatic rings. The van der Waals surface area contributed by atoms with Gasteiger partial charge in [0, 0.05) is 23.7 Å². The van der Waals surface area contributed by atoms with Gasteiger partial charge in [0.15, 0.2) is 11.5 Å². The van der Waals surface area contributed by atoms with Crippen LogP contribution in [0.2, 0.25) is 0 Å². The summed E-state index contributed by atoms with van der Waals surface area (Å²) >= 11 is 0. The van der Waals surface area contributed by atoms with Gasteiger partial charge in [-0.1, -0.05) is 30.3 Å². The Labute approximate surface area is 179 Å². The van der Waals surface area contributed by atoms with Gasteiger partial charge in [-0.15, -0.1) is 0 Å². The first-order chi connectivity index (χ1) is 15.2. The summed E-state index contributed by atoms with van der Waals surface area (Å²) in [5, 5.41) is 12.0. The zero-order valence-electron chi connectivity index (χ0n) is 16.6. The summed E-state index contributed by atoms with van der Waals surface area (Å²) in [5.74, 6) is 1.81. The van der Waals surface area contributed by atoms with Crippen molar-refractivity contribution in [1.82, 2.24) is 0 Å². The smallest absolute Gasteiger partial charge is 0.243 e. The Balaban J connectivity index is 1.33. The van der Waals surface area contributed by atoms with Gasteiger partial charge >= 0.3 is 0 Å². The summed E-state index contributed by atoms with van der Waals surface area (Å²) in [6.07, 6.45) is 0.495. The van der Waals surface area contributed by atoms with Crippen LogP contribution >= 0.6 is 0 Å². The van der Waals surface area contributed by atoms with E-state index in [2.05, 4.69) is 11.4 Å². The number of nitrogens with one attached hydrogen (secondary N) is 1. The summed E-state index contributed by atoms with van der Waals surface area (Å²) in [5.41, 5.74) is 3.37. The molecule has 31 heavy (non-hydrogen) atoms. The van der Waals surface area contributed by atoms with Crippen molar-refractivity contribution in [2.75, 3.05) is 18.5 Å². The van der Waals surface area contributed by atoms with Crippen LogP contribution in [0.1, 0.15) is 22.3 Å². The Hall–Kier alpha value is -3.98. The Morgan fingerprint density at radius 3 is 2.68 bits per heavy atom. The van der Waals surface area contributed by atoms with Crippen molar-refractivity contribution in [2.24, 2.45) is 0 Å². The largest absolute Gasteiger partial charge is 0.491 e. The molecule has 1 spiro atoms. The quantitative estimate of drug-likeness (QED) is 0.699. The topological polar surface area (TPSA) is 80.6 Å². The number of benzene rings is 3. The lowest BCUT2D eigenvalue weighted by atomic mass is 9.77. The van der Waals surface area contributed by atoms with Crippen LogP contribution in [0.4, 0.5) is 5.69 Å². The first-order valence-electron chi connectivity index (χ1n) is 10.2. The number of hydrogen-bond donors (Lipinski definition) is 1. The van der Waals surface area contributed by atoms with Crippen LogP contribution in [-0.4, -0.2) is 25.2 Å². The molecular formula is C25H18N2O4. The van der Waals surface area contributed by atoms with E-state index in [4.69, 9.17) is 19.5 Å². The lowest BCUT2D eigenvalue weighted by molar-refractivity contribution is -0.119. The third kappa shape index (κ3) is 2.60. The predicted octanol–water partition coefficient (Wildman–Crippen LogP) is 3.57. The molecule has 0 aromatic heterocycles. The van der Waals surface area contributed by atoms with Crippen LogP contribution in [0.15, 0.2) is 60.7 Å². The number of nitrogens with zero attached hydrogens (tertiary/aromatic N) is 1. The lowest BCUT2D eigenvalue weighted by Gasteiger charge is -2.28. The molecule has 3 aromatic carbocycles. The number of ether oxygens (including phenoxy) is 3. The average molecular weight is 410 g/mol. The molecule has 1 N–H and O–H groups in total. The summed E-state index contributed by atoms with van der Waals surface area (Å²) in [6.45, 7) is 0.670. The molecule has 0 bridgehead atoms. The highest BCUT2D eigenvalue weighted by molar-refractivity contribution is 6.09. The van der Waals surface area contributed by atoms with Gasteiger partial charge in [0.05, 0.1) is 11.6 Å². The van der Waals surface area contributed by atoms with Gasteiger partial charge in [-0.05, 0) is 35.4 Å². The maximum Gasteiger partial charge on any atom is 0.243 e. The van der Waals surface area contributed by atoms with Gasteiger partial charge in [0.25, 0.3) is 0 Å². The normalized spacial score (nSPS) is 22.3. The van der Waals surface area contributed by atoms with Crippen LogP contribution in [0.5, 0.6) is 17.2 Å². The van der Waals surface area contributed by atoms with E-state index in [1.165, 1.54) is 0 Å². The first-order valence-corrected chi connectivity index (χ1v) is 10.2. The fraction of sp³-hybridized carbons (Fsp3) is 0.200. The van der Waals surface area contributed by atoms with E-state index >= 15 is 0 Å². The highest BCUT2D eigenvalue weighted by Crippen LogP contribution is 2.53. The van der Waals surface area contributed by atoms with Crippen molar-refractivity contribution >= 4 is 11.6 Å². The second-order valence-corrected chi connectivity index (χ2v) is 8.05. The molecule has 152 valence electrons. The Morgan fingerprint density at radius 2 is 1.84 bits per heavy atom. The van der Waals surface area contributed by atoms with Crippen LogP contribution in [0.3, 0.4) is 0 Å². The van der Waals surface area contributed by atoms with Crippen molar-refractivity contribution in [1.29, 1.82) is 5.26 Å². The van der Waals surface area contributed by atoms with Crippen molar-refractivity contribution < 1.29 is 19.0 Å². The third-order valence-corrected chi connectivity index (χ3v) is 6.24. The first kappa shape index (κ1) is 17.8. The average Bonchev–Trinajstić information content (AvgIpc) is 3.31. The summed E-state index contributed by atoms with van der Waals surface area (Å²) in [4.78, 5) is 13.1. The molecule has 2 atom stereocenters. The second-order valence-electron chi connectivity index (χ2n) is 8.05. The molecule has 0 saturated carbocycles. The number of fused-ring (bicyclic) bond motifs is 5. The molecule has 6 nitrogen and oxygen atoms in total. The van der Waals surface area contributed by atoms with Crippen molar-refractivity contribution in [3.63, 3.8) is 0 Å². The molecule has 3 heterocycles. The summed E-state index contributed by atoms with van der Waals surface area (Å²) < 4.78 is 18.2. The van der Waals surface area contributed by atoms with E-state index in [-0.39, 0.29) is 18.6 Å². The molecule has 0 aliphatic carbocycles. The third-order valence-electron chi connectivity index (χ3n) is 6.24. The highest BCUT2D eigenvalue weighted by Gasteiger charge is 2.54. The molecule has 3 aromatic rings. The zero-order chi connectivity index (χ0) is 21.0. The minimum absolute atomic E-state index is 0.0849. The van der Waals surface area contributed by atoms with Crippen LogP contribution < -0.4 is 19.5 Å². The van der Waals surface area contributed by atoms with E-state index in [0.717, 1.165) is 22.4 Å². The zero-order valence-corrected chi connectivity index (χ0v) is 16.6. The number of nitriles is 1. The standard InChI is InChI=1S/C25H18N2O4/c26-12-16-7-5-15(6-8-16)9-17-13-29-22-11-21-19(10-23(22)31-17)25(14-30-21)18-3-1-2-4-20(18)27-24(25)28/h1-8,10-11,17H,9,13-14H2,(H,27,28)/t17?,25-/m1/s1. The van der Waals surface area contributed by atoms with Gasteiger partial charge in [-0.2, -0.15) is 5.26 Å². The van der Waals surface area contributed by atoms with E-state index in [0.29, 0.717) is 35.8 Å². The fourth-order valence-electron chi connectivity index (χ4n) is 4.66. The predicted molar refractivity (Wildman–Crippen MR) is 113 cm³/mol. The van der Waals surface area contributed by atoms with Gasteiger partial charge in [-0.3, -0.25) is 4.79 Å². The number of rotatable bonds is 2. The maximum absolute atomic E-state index is 13.1. The van der Waals surface area contributed by atoms with Gasteiger partial charge in [0.1, 0.15) is 30.5 Å². The van der Waals surface area contributed by atoms with E-state index in [9.17, 15) is 4.79 Å². The van der Waals surface area contributed by atoms with E-state index in [1.807, 2.05) is 48.5 Å². The van der Waals surface area contributed by atoms with Crippen molar-refractivity contribution in [2.45, 2.75) is 17.9 Å². The minimum Gasteiger partial charge on any atom is -0.491 e. The second kappa shape index (κ2) is 6.51. The molecule has 0 saturated heterocycles. The van der Waals surface area contributed by atoms with Crippen molar-refractivity contribution in [3.8, 4) is 23.3 Å². The number of carbonyl (C=O) groups is 1. The summed E-state index contributed by atoms with van der Waals surface area (Å²) in [6, 6.07) is 21.0. The highest BCUT2D eigenvalue weighted by atomic mass is 16.6. The number of para-hydroxylation sites is 1. The van der Waals surface area contributed by atoms with Crippen molar-refractivity contribution in [3.05, 3.63) is 82.9 Å². The number of amides is 1. The molecule has 6 heteroatoms. The number of hydrogen-bond acceptors (Lipinski definition) is 5. The fourth-order valence-corrected chi connectivity index (χ4v) is 4.66. The number of carbonyl (C=O) groups excluding carboxylic acids is 1. The van der Waals surface area contributed by atoms with Crippen LogP contribution in [0, 0.1) is 11.3 Å². The van der Waals surface area contributed by atoms with Gasteiger partial charge in [-0.25, -0.2) is 0 Å². The summed E-state index contributed by atoms with van der Waals surface area (Å²) in [7, 11) is 0. The van der Waals surface area contributed by atoms with E-state index < -0.39 is 5.41 Å². The monoisotopic (exact) mass is 410 g/mol. The molecule has 0 fully saturated rings. The van der Waals surface area contributed by atoms with Crippen LogP contribution in [-0.2, 0) is 16.6 Å². The Bertz CT molecular complexity index is 1260. The Kier molecular flexibility index (Phi) is 3.75. The maximum atomic E-state index is 13.1. The lowest BCUT2D eigenvalue weighted by Crippen LogP contribution is -2.37. The molecular weight excluding hydrogens is 392 g/mol.